The SMILES string of the molecule is CC(CCCCCN1CC(C(=O)O)n2c(c(-c3cccc(C(F)(F)F)c3)c(Cc3cccc4ccccc34)cc2=O)S1(=O)=O)n1cnc2c1c(=O)n(C)c(=O)n2C. The van der Waals surface area contributed by atoms with Gasteiger partial charge in [-0.2, -0.15) is 17.5 Å². The monoisotopic (exact) mass is 804 g/mol. The Labute approximate surface area is 323 Å². The van der Waals surface area contributed by atoms with Crippen LogP contribution in [0.5, 0.6) is 0 Å². The summed E-state index contributed by atoms with van der Waals surface area (Å²) in [4.78, 5) is 56.2. The van der Waals surface area contributed by atoms with Crippen LogP contribution in [0.4, 0.5) is 13.2 Å². The van der Waals surface area contributed by atoms with Crippen LogP contribution in [0.2, 0.25) is 0 Å². The Morgan fingerprint density at radius 3 is 2.39 bits per heavy atom. The molecule has 13 nitrogen and oxygen atoms in total. The Balaban J connectivity index is 1.23. The van der Waals surface area contributed by atoms with E-state index >= 15 is 0 Å². The molecule has 17 heteroatoms. The molecule has 3 aromatic carbocycles. The average Bonchev–Trinajstić information content (AvgIpc) is 3.62. The summed E-state index contributed by atoms with van der Waals surface area (Å²) in [6, 6.07) is 16.2. The number of carboxylic acids is 1. The molecule has 0 fully saturated rings. The lowest BCUT2D eigenvalue weighted by molar-refractivity contribution is -0.141. The van der Waals surface area contributed by atoms with Gasteiger partial charge in [-0.05, 0) is 65.8 Å². The second-order valence-corrected chi connectivity index (χ2v) is 16.3. The van der Waals surface area contributed by atoms with Crippen molar-refractivity contribution < 1.29 is 31.5 Å². The first-order valence-electron chi connectivity index (χ1n) is 18.3. The number of fused-ring (bicyclic) bond motifs is 3. The highest BCUT2D eigenvalue weighted by Gasteiger charge is 2.43. The first-order valence-corrected chi connectivity index (χ1v) is 19.7. The van der Waals surface area contributed by atoms with Gasteiger partial charge in [-0.1, -0.05) is 67.4 Å². The fourth-order valence-electron chi connectivity index (χ4n) is 7.79. The minimum atomic E-state index is -4.78. The van der Waals surface area contributed by atoms with Gasteiger partial charge in [-0.25, -0.2) is 23.0 Å². The van der Waals surface area contributed by atoms with E-state index in [0.29, 0.717) is 29.4 Å². The number of halogens is 3. The standard InChI is InChI=1S/C40H39F3N6O7S/c1-24(48-23-44-35-34(48)36(51)46(3)39(54)45(35)2)11-5-4-8-18-47-22-31(38(52)53)49-32(50)21-28(19-26-14-9-13-25-12-6-7-17-30(25)26)33(37(49)57(47,55)56)27-15-10-16-29(20-27)40(41,42)43/h6-7,9-10,12-17,20-21,23-24,31H,4-5,8,11,18-19,22H2,1-3H3,(H,52,53). The third-order valence-corrected chi connectivity index (χ3v) is 12.7. The molecule has 1 aliphatic rings. The number of benzene rings is 3. The van der Waals surface area contributed by atoms with E-state index in [9.17, 15) is 45.9 Å². The van der Waals surface area contributed by atoms with Crippen molar-refractivity contribution in [3.63, 3.8) is 0 Å². The maximum absolute atomic E-state index is 14.7. The number of hydrogen-bond donors (Lipinski definition) is 1. The van der Waals surface area contributed by atoms with Crippen LogP contribution in [-0.2, 0) is 41.5 Å². The van der Waals surface area contributed by atoms with E-state index in [4.69, 9.17) is 0 Å². The van der Waals surface area contributed by atoms with Gasteiger partial charge < -0.3 is 9.67 Å². The van der Waals surface area contributed by atoms with Crippen LogP contribution in [-0.4, -0.2) is 60.1 Å². The smallest absolute Gasteiger partial charge is 0.416 e. The van der Waals surface area contributed by atoms with Gasteiger partial charge in [0.15, 0.2) is 16.2 Å². The number of aliphatic carboxylic acids is 1. The van der Waals surface area contributed by atoms with Gasteiger partial charge >= 0.3 is 17.8 Å². The largest absolute Gasteiger partial charge is 0.480 e. The highest BCUT2D eigenvalue weighted by molar-refractivity contribution is 7.89. The Hall–Kier alpha value is -5.81. The number of aryl methyl sites for hydroxylation is 1. The zero-order valence-corrected chi connectivity index (χ0v) is 32.0. The summed E-state index contributed by atoms with van der Waals surface area (Å²) in [5.74, 6) is -1.47. The molecular formula is C40H39F3N6O7S. The minimum absolute atomic E-state index is 0.0317. The highest BCUT2D eigenvalue weighted by Crippen LogP contribution is 2.40. The van der Waals surface area contributed by atoms with Crippen LogP contribution in [0.3, 0.4) is 0 Å². The van der Waals surface area contributed by atoms with Gasteiger partial charge in [0.2, 0.25) is 0 Å². The number of hydrogen-bond acceptors (Lipinski definition) is 7. The molecule has 2 unspecified atom stereocenters. The van der Waals surface area contributed by atoms with E-state index in [-0.39, 0.29) is 53.3 Å². The summed E-state index contributed by atoms with van der Waals surface area (Å²) < 4.78 is 77.2. The van der Waals surface area contributed by atoms with Crippen LogP contribution < -0.4 is 16.8 Å². The molecule has 0 saturated heterocycles. The number of pyridine rings is 1. The molecule has 1 aliphatic heterocycles. The summed E-state index contributed by atoms with van der Waals surface area (Å²) >= 11 is 0. The molecule has 0 spiro atoms. The molecule has 298 valence electrons. The molecule has 2 atom stereocenters. The van der Waals surface area contributed by atoms with Crippen LogP contribution >= 0.6 is 0 Å². The lowest BCUT2D eigenvalue weighted by Crippen LogP contribution is -2.50. The molecule has 7 rings (SSSR count). The van der Waals surface area contributed by atoms with Crippen LogP contribution in [0, 0.1) is 0 Å². The molecule has 4 heterocycles. The molecule has 57 heavy (non-hydrogen) atoms. The number of alkyl halides is 3. The molecule has 1 N–H and O–H groups in total. The number of nitrogens with zero attached hydrogens (tertiary/aromatic N) is 6. The van der Waals surface area contributed by atoms with E-state index in [1.54, 1.807) is 16.7 Å². The molecule has 0 saturated carbocycles. The van der Waals surface area contributed by atoms with Crippen molar-refractivity contribution in [3.8, 4) is 11.1 Å². The normalized spacial score (nSPS) is 16.2. The van der Waals surface area contributed by atoms with Crippen molar-refractivity contribution in [1.29, 1.82) is 0 Å². The maximum Gasteiger partial charge on any atom is 0.416 e. The number of carboxylic acid groups (broad SMARTS) is 1. The number of imidazole rings is 1. The van der Waals surface area contributed by atoms with Gasteiger partial charge in [-0.3, -0.25) is 23.3 Å². The van der Waals surface area contributed by atoms with Gasteiger partial charge in [0.1, 0.15) is 6.04 Å². The third kappa shape index (κ3) is 7.09. The average molecular weight is 805 g/mol. The van der Waals surface area contributed by atoms with E-state index in [2.05, 4.69) is 4.98 Å². The van der Waals surface area contributed by atoms with Gasteiger partial charge in [-0.15, -0.1) is 0 Å². The molecule has 0 amide bonds. The summed E-state index contributed by atoms with van der Waals surface area (Å²) in [5.41, 5.74) is -1.88. The maximum atomic E-state index is 14.7. The zero-order valence-electron chi connectivity index (χ0n) is 31.2. The Bertz CT molecular complexity index is 2850. The molecule has 0 bridgehead atoms. The Morgan fingerprint density at radius 2 is 1.65 bits per heavy atom. The Morgan fingerprint density at radius 1 is 0.930 bits per heavy atom. The molecule has 0 aliphatic carbocycles. The van der Waals surface area contributed by atoms with E-state index in [1.807, 2.05) is 37.3 Å². The van der Waals surface area contributed by atoms with E-state index in [0.717, 1.165) is 43.9 Å². The van der Waals surface area contributed by atoms with Gasteiger partial charge in [0, 0.05) is 44.9 Å². The number of carbonyl (C=O) groups is 1. The van der Waals surface area contributed by atoms with Crippen molar-refractivity contribution in [3.05, 3.63) is 127 Å². The highest BCUT2D eigenvalue weighted by atomic mass is 32.2. The first-order chi connectivity index (χ1) is 27.0. The molecule has 6 aromatic rings. The fourth-order valence-corrected chi connectivity index (χ4v) is 9.71. The van der Waals surface area contributed by atoms with E-state index < -0.39 is 62.2 Å². The van der Waals surface area contributed by atoms with Crippen molar-refractivity contribution in [1.82, 2.24) is 27.6 Å². The molecule has 0 radical (unpaired) electrons. The summed E-state index contributed by atoms with van der Waals surface area (Å²) in [7, 11) is -1.75. The van der Waals surface area contributed by atoms with Crippen molar-refractivity contribution in [2.45, 2.75) is 62.3 Å². The van der Waals surface area contributed by atoms with E-state index in [1.165, 1.54) is 31.1 Å². The van der Waals surface area contributed by atoms with Crippen LogP contribution in [0.15, 0.2) is 98.5 Å². The minimum Gasteiger partial charge on any atom is -0.480 e. The van der Waals surface area contributed by atoms with Crippen molar-refractivity contribution >= 4 is 37.9 Å². The lowest BCUT2D eigenvalue weighted by atomic mass is 9.93. The van der Waals surface area contributed by atoms with Crippen LogP contribution in [0.25, 0.3) is 33.1 Å². The predicted octanol–water partition coefficient (Wildman–Crippen LogP) is 5.48. The van der Waals surface area contributed by atoms with Crippen LogP contribution in [0.1, 0.15) is 61.4 Å². The topological polar surface area (TPSA) is 159 Å². The fraction of sp³-hybridized carbons (Fsp3) is 0.325. The lowest BCUT2D eigenvalue weighted by Gasteiger charge is -2.35. The van der Waals surface area contributed by atoms with Gasteiger partial charge in [0.25, 0.3) is 21.1 Å². The zero-order chi connectivity index (χ0) is 41.0. The number of aromatic nitrogens is 5. The second kappa shape index (κ2) is 14.9. The molecular weight excluding hydrogens is 766 g/mol. The second-order valence-electron chi connectivity index (χ2n) is 14.4. The third-order valence-electron chi connectivity index (χ3n) is 10.8. The summed E-state index contributed by atoms with van der Waals surface area (Å²) in [6.07, 6.45) is -1.40. The van der Waals surface area contributed by atoms with Crippen molar-refractivity contribution in [2.75, 3.05) is 13.1 Å². The molecule has 3 aromatic heterocycles. The summed E-state index contributed by atoms with van der Waals surface area (Å²) in [5, 5.41) is 11.3. The number of sulfonamides is 1. The number of rotatable bonds is 11. The Kier molecular flexibility index (Phi) is 10.3. The summed E-state index contributed by atoms with van der Waals surface area (Å²) in [6.45, 7) is 1.20. The first kappa shape index (κ1) is 39.4. The quantitative estimate of drug-likeness (QED) is 0.169. The predicted molar refractivity (Wildman–Crippen MR) is 207 cm³/mol. The number of unbranched alkanes of at least 4 members (excludes halogenated alkanes) is 2. The van der Waals surface area contributed by atoms with Gasteiger partial charge in [0.05, 0.1) is 11.9 Å². The van der Waals surface area contributed by atoms with Crippen molar-refractivity contribution in [2.24, 2.45) is 14.1 Å².